The fourth-order valence-corrected chi connectivity index (χ4v) is 3.37. The molecule has 0 spiro atoms. The van der Waals surface area contributed by atoms with Gasteiger partial charge in [0.25, 0.3) is 0 Å². The molecule has 0 unspecified atom stereocenters. The van der Waals surface area contributed by atoms with Gasteiger partial charge in [0.2, 0.25) is 0 Å². The summed E-state index contributed by atoms with van der Waals surface area (Å²) in [5.41, 5.74) is 3.10. The first-order valence-corrected chi connectivity index (χ1v) is 9.73. The average molecular weight is 395 g/mol. The molecule has 3 heterocycles. The lowest BCUT2D eigenvalue weighted by Gasteiger charge is -2.34. The Bertz CT molecular complexity index is 913. The summed E-state index contributed by atoms with van der Waals surface area (Å²) in [7, 11) is 0. The van der Waals surface area contributed by atoms with Crippen molar-refractivity contribution in [1.82, 2.24) is 35.0 Å². The summed E-state index contributed by atoms with van der Waals surface area (Å²) in [6.45, 7) is 6.90. The van der Waals surface area contributed by atoms with Crippen molar-refractivity contribution in [2.75, 3.05) is 26.2 Å². The number of nitrogens with zero attached hydrogens (tertiary/aromatic N) is 6. The molecule has 2 amide bonds. The van der Waals surface area contributed by atoms with Crippen LogP contribution >= 0.6 is 0 Å². The van der Waals surface area contributed by atoms with E-state index in [2.05, 4.69) is 25.5 Å². The van der Waals surface area contributed by atoms with Gasteiger partial charge >= 0.3 is 6.03 Å². The van der Waals surface area contributed by atoms with Crippen LogP contribution in [-0.2, 0) is 19.6 Å². The maximum Gasteiger partial charge on any atom is 0.317 e. The number of piperazine rings is 1. The van der Waals surface area contributed by atoms with Crippen molar-refractivity contribution in [1.29, 1.82) is 0 Å². The van der Waals surface area contributed by atoms with E-state index in [0.29, 0.717) is 26.2 Å². The van der Waals surface area contributed by atoms with Crippen molar-refractivity contribution < 1.29 is 9.32 Å². The van der Waals surface area contributed by atoms with Crippen molar-refractivity contribution in [3.8, 4) is 0 Å². The van der Waals surface area contributed by atoms with Gasteiger partial charge in [-0.2, -0.15) is 5.10 Å². The highest BCUT2D eigenvalue weighted by Gasteiger charge is 2.21. The summed E-state index contributed by atoms with van der Waals surface area (Å²) in [6, 6.07) is 10.1. The summed E-state index contributed by atoms with van der Waals surface area (Å²) < 4.78 is 7.05. The highest BCUT2D eigenvalue weighted by atomic mass is 16.5. The summed E-state index contributed by atoms with van der Waals surface area (Å²) in [5, 5.41) is 11.0. The van der Waals surface area contributed by atoms with Crippen LogP contribution in [0, 0.1) is 6.92 Å². The second-order valence-electron chi connectivity index (χ2n) is 7.27. The van der Waals surface area contributed by atoms with E-state index >= 15 is 0 Å². The Morgan fingerprint density at radius 1 is 1.10 bits per heavy atom. The number of carbonyl (C=O) groups is 1. The van der Waals surface area contributed by atoms with E-state index in [1.165, 1.54) is 6.33 Å². The zero-order chi connectivity index (χ0) is 20.1. The molecule has 0 atom stereocenters. The van der Waals surface area contributed by atoms with E-state index < -0.39 is 0 Å². The van der Waals surface area contributed by atoms with E-state index in [1.807, 2.05) is 42.2 Å². The number of amides is 2. The zero-order valence-electron chi connectivity index (χ0n) is 16.5. The number of benzene rings is 1. The van der Waals surface area contributed by atoms with Gasteiger partial charge in [-0.15, -0.1) is 0 Å². The number of carbonyl (C=O) groups excluding carboxylic acids is 1. The topological polar surface area (TPSA) is 92.3 Å². The molecule has 1 fully saturated rings. The predicted octanol–water partition coefficient (Wildman–Crippen LogP) is 1.65. The monoisotopic (exact) mass is 395 g/mol. The third-order valence-electron chi connectivity index (χ3n) is 4.99. The Hall–Kier alpha value is -3.20. The van der Waals surface area contributed by atoms with E-state index in [-0.39, 0.29) is 6.03 Å². The molecule has 1 aliphatic heterocycles. The highest BCUT2D eigenvalue weighted by Crippen LogP contribution is 2.10. The molecule has 0 radical (unpaired) electrons. The van der Waals surface area contributed by atoms with E-state index in [0.717, 1.165) is 42.2 Å². The van der Waals surface area contributed by atoms with Gasteiger partial charge in [0.15, 0.2) is 5.76 Å². The van der Waals surface area contributed by atoms with Crippen LogP contribution in [0.5, 0.6) is 0 Å². The maximum atomic E-state index is 12.5. The Morgan fingerprint density at radius 3 is 2.52 bits per heavy atom. The minimum Gasteiger partial charge on any atom is -0.360 e. The predicted molar refractivity (Wildman–Crippen MR) is 106 cm³/mol. The highest BCUT2D eigenvalue weighted by molar-refractivity contribution is 5.74. The third-order valence-corrected chi connectivity index (χ3v) is 4.99. The number of urea groups is 1. The Kier molecular flexibility index (Phi) is 5.85. The van der Waals surface area contributed by atoms with Crippen molar-refractivity contribution in [3.05, 3.63) is 65.6 Å². The summed E-state index contributed by atoms with van der Waals surface area (Å²) in [4.78, 5) is 20.6. The molecule has 0 aliphatic carbocycles. The summed E-state index contributed by atoms with van der Waals surface area (Å²) in [5.74, 6) is 0.868. The minimum absolute atomic E-state index is 0.0214. The molecular formula is C20H25N7O2. The number of aryl methyl sites for hydroxylation is 1. The number of aromatic nitrogens is 4. The Labute approximate surface area is 169 Å². The van der Waals surface area contributed by atoms with Gasteiger partial charge in [0.05, 0.1) is 18.8 Å². The molecule has 1 N–H and O–H groups in total. The first-order chi connectivity index (χ1) is 14.2. The first-order valence-electron chi connectivity index (χ1n) is 9.73. The normalized spacial score (nSPS) is 14.9. The van der Waals surface area contributed by atoms with Crippen LogP contribution in [0.3, 0.4) is 0 Å². The quantitative estimate of drug-likeness (QED) is 0.682. The molecule has 0 bridgehead atoms. The Morgan fingerprint density at radius 2 is 1.86 bits per heavy atom. The largest absolute Gasteiger partial charge is 0.360 e. The van der Waals surface area contributed by atoms with Crippen LogP contribution in [0.25, 0.3) is 0 Å². The molecule has 4 rings (SSSR count). The van der Waals surface area contributed by atoms with E-state index in [9.17, 15) is 4.79 Å². The fraction of sp³-hybridized carbons (Fsp3) is 0.400. The van der Waals surface area contributed by atoms with Gasteiger partial charge in [0.1, 0.15) is 12.7 Å². The maximum absolute atomic E-state index is 12.5. The van der Waals surface area contributed by atoms with Crippen molar-refractivity contribution >= 4 is 6.03 Å². The molecule has 9 nitrogen and oxygen atoms in total. The molecular weight excluding hydrogens is 370 g/mol. The summed E-state index contributed by atoms with van der Waals surface area (Å²) >= 11 is 0. The van der Waals surface area contributed by atoms with Crippen LogP contribution in [-0.4, -0.2) is 61.9 Å². The number of hydrogen-bond donors (Lipinski definition) is 1. The molecule has 1 saturated heterocycles. The lowest BCUT2D eigenvalue weighted by molar-refractivity contribution is 0.128. The van der Waals surface area contributed by atoms with E-state index in [1.54, 1.807) is 11.0 Å². The molecule has 2 aromatic heterocycles. The van der Waals surface area contributed by atoms with Crippen LogP contribution in [0.2, 0.25) is 0 Å². The van der Waals surface area contributed by atoms with E-state index in [4.69, 9.17) is 4.52 Å². The molecule has 3 aromatic rings. The van der Waals surface area contributed by atoms with Gasteiger partial charge in [-0.25, -0.2) is 14.5 Å². The third kappa shape index (κ3) is 5.20. The number of rotatable bonds is 6. The molecule has 29 heavy (non-hydrogen) atoms. The van der Waals surface area contributed by atoms with Gasteiger partial charge in [-0.1, -0.05) is 29.4 Å². The van der Waals surface area contributed by atoms with Crippen molar-refractivity contribution in [3.63, 3.8) is 0 Å². The SMILES string of the molecule is Cc1cc(CN2CCN(C(=O)NCc3ccc(Cn4cncn4)cc3)CC2)on1. The van der Waals surface area contributed by atoms with Gasteiger partial charge in [-0.05, 0) is 18.1 Å². The Balaban J connectivity index is 1.20. The van der Waals surface area contributed by atoms with Gasteiger partial charge in [-0.3, -0.25) is 4.90 Å². The van der Waals surface area contributed by atoms with Crippen LogP contribution in [0.15, 0.2) is 47.5 Å². The second kappa shape index (κ2) is 8.87. The lowest BCUT2D eigenvalue weighted by Crippen LogP contribution is -2.51. The minimum atomic E-state index is -0.0214. The molecule has 1 aliphatic rings. The summed E-state index contributed by atoms with van der Waals surface area (Å²) in [6.07, 6.45) is 3.22. The fourth-order valence-electron chi connectivity index (χ4n) is 3.37. The first kappa shape index (κ1) is 19.1. The molecule has 9 heteroatoms. The van der Waals surface area contributed by atoms with Crippen LogP contribution in [0.4, 0.5) is 4.79 Å². The van der Waals surface area contributed by atoms with Crippen molar-refractivity contribution in [2.45, 2.75) is 26.6 Å². The number of hydrogen-bond acceptors (Lipinski definition) is 6. The molecule has 1 aromatic carbocycles. The average Bonchev–Trinajstić information content (AvgIpc) is 3.39. The molecule has 152 valence electrons. The second-order valence-corrected chi connectivity index (χ2v) is 7.27. The smallest absolute Gasteiger partial charge is 0.317 e. The zero-order valence-corrected chi connectivity index (χ0v) is 16.5. The van der Waals surface area contributed by atoms with Crippen LogP contribution in [0.1, 0.15) is 22.6 Å². The van der Waals surface area contributed by atoms with Crippen LogP contribution < -0.4 is 5.32 Å². The van der Waals surface area contributed by atoms with Gasteiger partial charge < -0.3 is 14.7 Å². The van der Waals surface area contributed by atoms with Gasteiger partial charge in [0, 0.05) is 38.8 Å². The lowest BCUT2D eigenvalue weighted by atomic mass is 10.1. The van der Waals surface area contributed by atoms with Crippen molar-refractivity contribution in [2.24, 2.45) is 0 Å². The number of nitrogens with one attached hydrogen (secondary N) is 1. The standard InChI is InChI=1S/C20H25N7O2/c1-16-10-19(29-24-16)13-25-6-8-26(9-7-25)20(28)22-11-17-2-4-18(5-3-17)12-27-15-21-14-23-27/h2-5,10,14-15H,6-9,11-13H2,1H3,(H,22,28). The molecule has 0 saturated carbocycles.